The summed E-state index contributed by atoms with van der Waals surface area (Å²) in [6.07, 6.45) is 3.19. The van der Waals surface area contributed by atoms with Gasteiger partial charge in [-0.3, -0.25) is 9.59 Å². The number of nitrogens with zero attached hydrogens (tertiary/aromatic N) is 3. The van der Waals surface area contributed by atoms with Crippen LogP contribution in [0, 0.1) is 17.2 Å². The molecule has 1 aromatic heterocycles. The maximum Gasteiger partial charge on any atom is 0.220 e. The average Bonchev–Trinajstić information content (AvgIpc) is 2.72. The normalized spacial score (nSPS) is 14.4. The molecule has 7 heteroatoms. The summed E-state index contributed by atoms with van der Waals surface area (Å²) in [6.45, 7) is 3.41. The molecule has 0 saturated carbocycles. The van der Waals surface area contributed by atoms with Crippen LogP contribution in [-0.4, -0.2) is 29.8 Å². The summed E-state index contributed by atoms with van der Waals surface area (Å²) in [5.41, 5.74) is 8.07. The molecule has 1 aromatic carbocycles. The summed E-state index contributed by atoms with van der Waals surface area (Å²) in [7, 11) is 0. The molecule has 0 atom stereocenters. The number of carbonyl (C=O) groups excluding carboxylic acids is 2. The van der Waals surface area contributed by atoms with Crippen molar-refractivity contribution in [2.45, 2.75) is 26.3 Å². The van der Waals surface area contributed by atoms with Crippen molar-refractivity contribution in [3.05, 3.63) is 53.2 Å². The molecule has 3 N–H and O–H groups in total. The molecule has 2 heterocycles. The Labute approximate surface area is 164 Å². The molecule has 1 saturated heterocycles. The molecule has 0 spiro atoms. The summed E-state index contributed by atoms with van der Waals surface area (Å²) >= 11 is 0. The number of hydrogen-bond acceptors (Lipinski definition) is 6. The Morgan fingerprint density at radius 1 is 1.32 bits per heavy atom. The quantitative estimate of drug-likeness (QED) is 0.748. The number of aromatic nitrogens is 1. The highest BCUT2D eigenvalue weighted by molar-refractivity contribution is 5.95. The number of primary amides is 1. The van der Waals surface area contributed by atoms with Crippen LogP contribution in [0.15, 0.2) is 36.5 Å². The molecule has 7 nitrogen and oxygen atoms in total. The van der Waals surface area contributed by atoms with Crippen molar-refractivity contribution < 1.29 is 9.59 Å². The first-order valence-electron chi connectivity index (χ1n) is 9.26. The van der Waals surface area contributed by atoms with Gasteiger partial charge < -0.3 is 16.0 Å². The Bertz CT molecular complexity index is 927. The summed E-state index contributed by atoms with van der Waals surface area (Å²) in [4.78, 5) is 29.7. The van der Waals surface area contributed by atoms with Crippen LogP contribution in [0.5, 0.6) is 0 Å². The number of Topliss-reactive ketones (excluding diaryl/α,β-unsaturated/α-hetero) is 1. The summed E-state index contributed by atoms with van der Waals surface area (Å²) in [5, 5.41) is 12.6. The molecule has 0 aliphatic carbocycles. The number of nitrogens with one attached hydrogen (secondary N) is 1. The predicted octanol–water partition coefficient (Wildman–Crippen LogP) is 2.47. The maximum atomic E-state index is 11.6. The molecule has 144 valence electrons. The van der Waals surface area contributed by atoms with Crippen molar-refractivity contribution in [3.8, 4) is 6.07 Å². The van der Waals surface area contributed by atoms with Crippen LogP contribution in [-0.2, 0) is 11.3 Å². The number of carbonyl (C=O) groups is 2. The molecule has 1 aliphatic heterocycles. The number of amides is 1. The van der Waals surface area contributed by atoms with Crippen molar-refractivity contribution in [3.63, 3.8) is 0 Å². The van der Waals surface area contributed by atoms with E-state index >= 15 is 0 Å². The van der Waals surface area contributed by atoms with Crippen LogP contribution >= 0.6 is 0 Å². The smallest absolute Gasteiger partial charge is 0.220 e. The van der Waals surface area contributed by atoms with Gasteiger partial charge in [0.25, 0.3) is 0 Å². The Balaban J connectivity index is 1.76. The van der Waals surface area contributed by atoms with E-state index in [0.717, 1.165) is 37.3 Å². The fourth-order valence-electron chi connectivity index (χ4n) is 3.43. The molecule has 0 radical (unpaired) electrons. The van der Waals surface area contributed by atoms with Gasteiger partial charge in [0.15, 0.2) is 5.78 Å². The molecule has 0 unspecified atom stereocenters. The van der Waals surface area contributed by atoms with Gasteiger partial charge in [-0.1, -0.05) is 6.07 Å². The Hall–Kier alpha value is -3.40. The maximum absolute atomic E-state index is 11.6. The van der Waals surface area contributed by atoms with Crippen molar-refractivity contribution in [1.82, 2.24) is 4.98 Å². The van der Waals surface area contributed by atoms with Gasteiger partial charge in [0.1, 0.15) is 11.9 Å². The number of anilines is 2. The minimum atomic E-state index is -0.239. The van der Waals surface area contributed by atoms with Crippen molar-refractivity contribution in [2.75, 3.05) is 23.3 Å². The zero-order valence-corrected chi connectivity index (χ0v) is 15.8. The third-order valence-corrected chi connectivity index (χ3v) is 5.08. The van der Waals surface area contributed by atoms with Crippen LogP contribution < -0.4 is 16.0 Å². The van der Waals surface area contributed by atoms with E-state index < -0.39 is 0 Å². The molecular weight excluding hydrogens is 354 g/mol. The lowest BCUT2D eigenvalue weighted by Crippen LogP contribution is -2.39. The lowest BCUT2D eigenvalue weighted by molar-refractivity contribution is -0.122. The van der Waals surface area contributed by atoms with Gasteiger partial charge >= 0.3 is 0 Å². The standard InChI is InChI=1S/C21H23N5O2/c1-14(27)16-4-5-17(12-22)19(11-16)25-13-18-3-2-8-24-21(18)26-9-6-15(7-10-26)20(23)28/h2-5,8,11,15,25H,6-7,9-10,13H2,1H3,(H2,23,28). The summed E-state index contributed by atoms with van der Waals surface area (Å²) < 4.78 is 0. The van der Waals surface area contributed by atoms with E-state index in [1.807, 2.05) is 12.1 Å². The highest BCUT2D eigenvalue weighted by atomic mass is 16.1. The van der Waals surface area contributed by atoms with Crippen LogP contribution in [0.1, 0.15) is 41.3 Å². The van der Waals surface area contributed by atoms with E-state index in [4.69, 9.17) is 5.73 Å². The predicted molar refractivity (Wildman–Crippen MR) is 107 cm³/mol. The van der Waals surface area contributed by atoms with E-state index in [9.17, 15) is 14.9 Å². The molecule has 28 heavy (non-hydrogen) atoms. The van der Waals surface area contributed by atoms with Gasteiger partial charge in [-0.05, 0) is 44.0 Å². The molecular formula is C21H23N5O2. The zero-order chi connectivity index (χ0) is 20.1. The molecule has 1 aliphatic rings. The van der Waals surface area contributed by atoms with Gasteiger partial charge in [-0.2, -0.15) is 5.26 Å². The minimum Gasteiger partial charge on any atom is -0.380 e. The van der Waals surface area contributed by atoms with Crippen LogP contribution in [0.25, 0.3) is 0 Å². The van der Waals surface area contributed by atoms with E-state index in [1.54, 1.807) is 24.4 Å². The van der Waals surface area contributed by atoms with Crippen molar-refractivity contribution >= 4 is 23.2 Å². The van der Waals surface area contributed by atoms with Crippen LogP contribution in [0.4, 0.5) is 11.5 Å². The molecule has 1 amide bonds. The van der Waals surface area contributed by atoms with Crippen molar-refractivity contribution in [1.29, 1.82) is 5.26 Å². The Morgan fingerprint density at radius 3 is 2.71 bits per heavy atom. The minimum absolute atomic E-state index is 0.0491. The molecule has 1 fully saturated rings. The van der Waals surface area contributed by atoms with E-state index in [1.165, 1.54) is 6.92 Å². The second-order valence-electron chi connectivity index (χ2n) is 6.93. The number of hydrogen-bond donors (Lipinski definition) is 2. The average molecular weight is 377 g/mol. The first kappa shape index (κ1) is 19.4. The topological polar surface area (TPSA) is 112 Å². The van der Waals surface area contributed by atoms with Crippen LogP contribution in [0.3, 0.4) is 0 Å². The second kappa shape index (κ2) is 8.53. The number of nitriles is 1. The number of piperidine rings is 1. The highest BCUT2D eigenvalue weighted by Gasteiger charge is 2.25. The molecule has 0 bridgehead atoms. The Morgan fingerprint density at radius 2 is 2.07 bits per heavy atom. The van der Waals surface area contributed by atoms with E-state index in [-0.39, 0.29) is 17.6 Å². The van der Waals surface area contributed by atoms with E-state index in [0.29, 0.717) is 23.4 Å². The van der Waals surface area contributed by atoms with Gasteiger partial charge in [0.05, 0.1) is 11.3 Å². The van der Waals surface area contributed by atoms with Gasteiger partial charge in [0.2, 0.25) is 5.91 Å². The lowest BCUT2D eigenvalue weighted by atomic mass is 9.96. The fraction of sp³-hybridized carbons (Fsp3) is 0.333. The Kier molecular flexibility index (Phi) is 5.90. The fourth-order valence-corrected chi connectivity index (χ4v) is 3.43. The second-order valence-corrected chi connectivity index (χ2v) is 6.93. The third-order valence-electron chi connectivity index (χ3n) is 5.08. The van der Waals surface area contributed by atoms with Crippen LogP contribution in [0.2, 0.25) is 0 Å². The van der Waals surface area contributed by atoms with Gasteiger partial charge in [-0.25, -0.2) is 4.98 Å². The number of nitrogens with two attached hydrogens (primary N) is 1. The zero-order valence-electron chi connectivity index (χ0n) is 15.8. The number of ketones is 1. The summed E-state index contributed by atoms with van der Waals surface area (Å²) in [6, 6.07) is 11.0. The molecule has 3 rings (SSSR count). The third kappa shape index (κ3) is 4.29. The number of pyridine rings is 1. The van der Waals surface area contributed by atoms with Gasteiger partial charge in [-0.15, -0.1) is 0 Å². The first-order chi connectivity index (χ1) is 13.5. The SMILES string of the molecule is CC(=O)c1ccc(C#N)c(NCc2cccnc2N2CCC(C(N)=O)CC2)c1. The lowest BCUT2D eigenvalue weighted by Gasteiger charge is -2.32. The molecule has 2 aromatic rings. The first-order valence-corrected chi connectivity index (χ1v) is 9.26. The number of rotatable bonds is 6. The van der Waals surface area contributed by atoms with Crippen molar-refractivity contribution in [2.24, 2.45) is 11.7 Å². The monoisotopic (exact) mass is 377 g/mol. The van der Waals surface area contributed by atoms with E-state index in [2.05, 4.69) is 21.3 Å². The highest BCUT2D eigenvalue weighted by Crippen LogP contribution is 2.26. The van der Waals surface area contributed by atoms with Gasteiger partial charge in [0, 0.05) is 42.9 Å². The largest absolute Gasteiger partial charge is 0.380 e. The number of benzene rings is 1. The summed E-state index contributed by atoms with van der Waals surface area (Å²) in [5.74, 6) is 0.497.